The Morgan fingerprint density at radius 3 is 2.62 bits per heavy atom. The van der Waals surface area contributed by atoms with Crippen LogP contribution in [0.15, 0.2) is 0 Å². The minimum atomic E-state index is 0.766. The van der Waals surface area contributed by atoms with Gasteiger partial charge in [0, 0.05) is 13.1 Å². The zero-order chi connectivity index (χ0) is 12.0. The van der Waals surface area contributed by atoms with Gasteiger partial charge < -0.3 is 10.2 Å². The van der Waals surface area contributed by atoms with Gasteiger partial charge in [0.25, 0.3) is 0 Å². The Labute approximate surface area is 102 Å². The molecule has 1 saturated heterocycles. The summed E-state index contributed by atoms with van der Waals surface area (Å²) < 4.78 is 0. The van der Waals surface area contributed by atoms with E-state index in [-0.39, 0.29) is 0 Å². The van der Waals surface area contributed by atoms with E-state index < -0.39 is 0 Å². The van der Waals surface area contributed by atoms with Gasteiger partial charge in [-0.05, 0) is 50.2 Å². The molecule has 1 aliphatic rings. The van der Waals surface area contributed by atoms with Gasteiger partial charge in [0.1, 0.15) is 0 Å². The SMILES string of the molecule is CC(C)CNCC(C)CN1CCCC(C)C1. The van der Waals surface area contributed by atoms with Crippen molar-refractivity contribution in [2.24, 2.45) is 17.8 Å². The molecule has 0 aromatic rings. The Morgan fingerprint density at radius 1 is 1.25 bits per heavy atom. The highest BCUT2D eigenvalue weighted by Crippen LogP contribution is 2.16. The first-order valence-corrected chi connectivity index (χ1v) is 7.01. The van der Waals surface area contributed by atoms with Gasteiger partial charge >= 0.3 is 0 Å². The molecule has 96 valence electrons. The van der Waals surface area contributed by atoms with Crippen LogP contribution in [-0.2, 0) is 0 Å². The van der Waals surface area contributed by atoms with Gasteiger partial charge in [0.15, 0.2) is 0 Å². The molecule has 0 amide bonds. The van der Waals surface area contributed by atoms with E-state index >= 15 is 0 Å². The molecular weight excluding hydrogens is 196 g/mol. The monoisotopic (exact) mass is 226 g/mol. The molecule has 0 bridgehead atoms. The van der Waals surface area contributed by atoms with Crippen LogP contribution in [0, 0.1) is 17.8 Å². The molecule has 2 atom stereocenters. The lowest BCUT2D eigenvalue weighted by molar-refractivity contribution is 0.161. The fourth-order valence-electron chi connectivity index (χ4n) is 2.58. The molecule has 0 aliphatic carbocycles. The number of nitrogens with one attached hydrogen (secondary N) is 1. The molecule has 2 nitrogen and oxygen atoms in total. The van der Waals surface area contributed by atoms with Crippen molar-refractivity contribution in [3.05, 3.63) is 0 Å². The second kappa shape index (κ2) is 7.29. The summed E-state index contributed by atoms with van der Waals surface area (Å²) in [5.74, 6) is 2.45. The van der Waals surface area contributed by atoms with Crippen molar-refractivity contribution in [3.8, 4) is 0 Å². The lowest BCUT2D eigenvalue weighted by atomic mass is 9.99. The van der Waals surface area contributed by atoms with E-state index in [4.69, 9.17) is 0 Å². The summed E-state index contributed by atoms with van der Waals surface area (Å²) in [6.07, 6.45) is 2.82. The quantitative estimate of drug-likeness (QED) is 0.749. The molecule has 16 heavy (non-hydrogen) atoms. The van der Waals surface area contributed by atoms with Gasteiger partial charge in [-0.25, -0.2) is 0 Å². The Morgan fingerprint density at radius 2 is 2.00 bits per heavy atom. The maximum absolute atomic E-state index is 3.56. The second-order valence-corrected chi connectivity index (χ2v) is 6.16. The first kappa shape index (κ1) is 14.0. The molecule has 0 aromatic carbocycles. The fraction of sp³-hybridized carbons (Fsp3) is 1.00. The fourth-order valence-corrected chi connectivity index (χ4v) is 2.58. The number of likely N-dealkylation sites (tertiary alicyclic amines) is 1. The Kier molecular flexibility index (Phi) is 6.37. The van der Waals surface area contributed by atoms with Gasteiger partial charge in [-0.2, -0.15) is 0 Å². The molecule has 2 heteroatoms. The van der Waals surface area contributed by atoms with E-state index in [2.05, 4.69) is 37.9 Å². The van der Waals surface area contributed by atoms with Crippen molar-refractivity contribution in [1.82, 2.24) is 10.2 Å². The largest absolute Gasteiger partial charge is 0.316 e. The molecule has 2 unspecified atom stereocenters. The van der Waals surface area contributed by atoms with Crippen LogP contribution in [0.25, 0.3) is 0 Å². The molecular formula is C14H30N2. The highest BCUT2D eigenvalue weighted by atomic mass is 15.1. The lowest BCUT2D eigenvalue weighted by Crippen LogP contribution is -2.39. The van der Waals surface area contributed by atoms with E-state index in [1.165, 1.54) is 39.0 Å². The topological polar surface area (TPSA) is 15.3 Å². The normalized spacial score (nSPS) is 24.9. The minimum absolute atomic E-state index is 0.766. The van der Waals surface area contributed by atoms with E-state index in [0.717, 1.165) is 24.3 Å². The van der Waals surface area contributed by atoms with Crippen LogP contribution in [-0.4, -0.2) is 37.6 Å². The van der Waals surface area contributed by atoms with Gasteiger partial charge in [-0.1, -0.05) is 27.7 Å². The zero-order valence-corrected chi connectivity index (χ0v) is 11.6. The summed E-state index contributed by atoms with van der Waals surface area (Å²) in [4.78, 5) is 2.65. The first-order valence-electron chi connectivity index (χ1n) is 7.01. The molecule has 1 rings (SSSR count). The molecule has 0 saturated carbocycles. The van der Waals surface area contributed by atoms with Gasteiger partial charge in [-0.15, -0.1) is 0 Å². The van der Waals surface area contributed by atoms with Crippen LogP contribution < -0.4 is 5.32 Å². The van der Waals surface area contributed by atoms with Crippen LogP contribution in [0.3, 0.4) is 0 Å². The molecule has 0 radical (unpaired) electrons. The molecule has 1 N–H and O–H groups in total. The van der Waals surface area contributed by atoms with Crippen molar-refractivity contribution >= 4 is 0 Å². The summed E-state index contributed by atoms with van der Waals surface area (Å²) in [6.45, 7) is 15.5. The van der Waals surface area contributed by atoms with Crippen LogP contribution >= 0.6 is 0 Å². The van der Waals surface area contributed by atoms with Crippen molar-refractivity contribution in [2.75, 3.05) is 32.7 Å². The predicted molar refractivity (Wildman–Crippen MR) is 71.7 cm³/mol. The number of hydrogen-bond acceptors (Lipinski definition) is 2. The molecule has 0 aromatic heterocycles. The summed E-state index contributed by atoms with van der Waals surface area (Å²) in [7, 11) is 0. The lowest BCUT2D eigenvalue weighted by Gasteiger charge is -2.32. The first-order chi connectivity index (χ1) is 7.58. The third kappa shape index (κ3) is 5.86. The van der Waals surface area contributed by atoms with Crippen LogP contribution in [0.5, 0.6) is 0 Å². The molecule has 0 spiro atoms. The summed E-state index contributed by atoms with van der Waals surface area (Å²) in [5.41, 5.74) is 0. The van der Waals surface area contributed by atoms with Crippen molar-refractivity contribution in [3.63, 3.8) is 0 Å². The third-order valence-electron chi connectivity index (χ3n) is 3.36. The van der Waals surface area contributed by atoms with Crippen molar-refractivity contribution in [1.29, 1.82) is 0 Å². The summed E-state index contributed by atoms with van der Waals surface area (Å²) in [5, 5.41) is 3.56. The maximum Gasteiger partial charge on any atom is 0.00193 e. The van der Waals surface area contributed by atoms with Crippen molar-refractivity contribution < 1.29 is 0 Å². The zero-order valence-electron chi connectivity index (χ0n) is 11.6. The number of nitrogens with zero attached hydrogens (tertiary/aromatic N) is 1. The Hall–Kier alpha value is -0.0800. The smallest absolute Gasteiger partial charge is 0.00193 e. The number of piperidine rings is 1. The average Bonchev–Trinajstić information content (AvgIpc) is 2.16. The van der Waals surface area contributed by atoms with E-state index in [1.54, 1.807) is 0 Å². The van der Waals surface area contributed by atoms with Crippen LogP contribution in [0.2, 0.25) is 0 Å². The minimum Gasteiger partial charge on any atom is -0.316 e. The van der Waals surface area contributed by atoms with Crippen LogP contribution in [0.4, 0.5) is 0 Å². The van der Waals surface area contributed by atoms with Gasteiger partial charge in [-0.3, -0.25) is 0 Å². The van der Waals surface area contributed by atoms with E-state index in [9.17, 15) is 0 Å². The highest BCUT2D eigenvalue weighted by Gasteiger charge is 2.17. The molecule has 1 fully saturated rings. The van der Waals surface area contributed by atoms with E-state index in [1.807, 2.05) is 0 Å². The summed E-state index contributed by atoms with van der Waals surface area (Å²) >= 11 is 0. The standard InChI is InChI=1S/C14H30N2/c1-12(2)8-15-9-14(4)11-16-7-5-6-13(3)10-16/h12-15H,5-11H2,1-4H3. The van der Waals surface area contributed by atoms with Gasteiger partial charge in [0.05, 0.1) is 0 Å². The third-order valence-corrected chi connectivity index (χ3v) is 3.36. The van der Waals surface area contributed by atoms with Gasteiger partial charge in [0.2, 0.25) is 0 Å². The Balaban J connectivity index is 2.10. The molecule has 1 heterocycles. The number of rotatable bonds is 6. The van der Waals surface area contributed by atoms with Crippen LogP contribution in [0.1, 0.15) is 40.5 Å². The number of hydrogen-bond donors (Lipinski definition) is 1. The Bertz CT molecular complexity index is 180. The van der Waals surface area contributed by atoms with Crippen molar-refractivity contribution in [2.45, 2.75) is 40.5 Å². The maximum atomic E-state index is 3.56. The summed E-state index contributed by atoms with van der Waals surface area (Å²) in [6, 6.07) is 0. The second-order valence-electron chi connectivity index (χ2n) is 6.16. The van der Waals surface area contributed by atoms with E-state index in [0.29, 0.717) is 0 Å². The molecule has 1 aliphatic heterocycles. The average molecular weight is 226 g/mol. The highest BCUT2D eigenvalue weighted by molar-refractivity contribution is 4.72. The predicted octanol–water partition coefficient (Wildman–Crippen LogP) is 2.60.